The van der Waals surface area contributed by atoms with Gasteiger partial charge in [0.1, 0.15) is 41.2 Å². The first-order chi connectivity index (χ1) is 30.1. The fourth-order valence-corrected chi connectivity index (χ4v) is 9.51. The fourth-order valence-electron chi connectivity index (χ4n) is 8.78. The van der Waals surface area contributed by atoms with Gasteiger partial charge in [-0.1, -0.05) is 17.7 Å². The number of carbonyl (C=O) groups is 1. The third kappa shape index (κ3) is 7.32. The SMILES string of the molecule is Cc1nc(C)c(C)c(-c2ccc3c(=O)n(-c4ccc(Cl)c5c(NS(C)(=O)=O)nn(C)c45)c([C@H](Cc4cc(F)cc(F)c4)NC(=O)Cn4nc(C(F)F)c5c4C(F)(F)[C@@H]4C[C@H]54)nc3c2)n1. The Morgan fingerprint density at radius 1 is 1.00 bits per heavy atom. The Balaban J connectivity index is 1.27. The highest BCUT2D eigenvalue weighted by Crippen LogP contribution is 2.68. The molecule has 332 valence electrons. The third-order valence-electron chi connectivity index (χ3n) is 11.6. The van der Waals surface area contributed by atoms with Crippen LogP contribution in [0, 0.1) is 38.3 Å². The van der Waals surface area contributed by atoms with Crippen LogP contribution in [0.3, 0.4) is 0 Å². The number of sulfonamides is 1. The number of nitrogens with zero attached hydrogens (tertiary/aromatic N) is 8. The van der Waals surface area contributed by atoms with Crippen molar-refractivity contribution in [3.8, 4) is 16.9 Å². The van der Waals surface area contributed by atoms with Crippen molar-refractivity contribution >= 4 is 55.2 Å². The van der Waals surface area contributed by atoms with Crippen LogP contribution >= 0.6 is 11.6 Å². The van der Waals surface area contributed by atoms with Crippen LogP contribution in [0.5, 0.6) is 0 Å². The second-order valence-electron chi connectivity index (χ2n) is 16.1. The van der Waals surface area contributed by atoms with E-state index in [0.29, 0.717) is 33.5 Å². The number of benzene rings is 3. The van der Waals surface area contributed by atoms with Crippen molar-refractivity contribution in [1.82, 2.24) is 44.4 Å². The zero-order valence-corrected chi connectivity index (χ0v) is 35.9. The number of carbonyl (C=O) groups excluding carboxylic acids is 1. The molecule has 3 aromatic carbocycles. The van der Waals surface area contributed by atoms with Gasteiger partial charge in [0.05, 0.1) is 50.5 Å². The van der Waals surface area contributed by atoms with Gasteiger partial charge in [-0.3, -0.25) is 28.2 Å². The molecule has 4 aromatic heterocycles. The molecule has 0 spiro atoms. The molecule has 0 saturated heterocycles. The first-order valence-corrected chi connectivity index (χ1v) is 21.9. The number of nitrogens with one attached hydrogen (secondary N) is 2. The highest BCUT2D eigenvalue weighted by Gasteiger charge is 2.67. The Labute approximate surface area is 364 Å². The predicted molar refractivity (Wildman–Crippen MR) is 223 cm³/mol. The summed E-state index contributed by atoms with van der Waals surface area (Å²) in [7, 11) is -2.46. The molecule has 2 N–H and O–H groups in total. The van der Waals surface area contributed by atoms with E-state index < -0.39 is 87.7 Å². The number of amides is 1. The van der Waals surface area contributed by atoms with E-state index in [1.807, 2.05) is 13.8 Å². The Morgan fingerprint density at radius 3 is 2.41 bits per heavy atom. The maximum absolute atomic E-state index is 15.6. The Kier molecular flexibility index (Phi) is 10.2. The van der Waals surface area contributed by atoms with E-state index in [0.717, 1.165) is 28.5 Å². The summed E-state index contributed by atoms with van der Waals surface area (Å²) in [6, 6.07) is 8.62. The molecule has 2 aliphatic carbocycles. The Hall–Kier alpha value is -6.35. The Bertz CT molecular complexity index is 3300. The minimum atomic E-state index is -3.92. The van der Waals surface area contributed by atoms with Crippen LogP contribution in [0.4, 0.5) is 32.2 Å². The van der Waals surface area contributed by atoms with E-state index in [9.17, 15) is 30.8 Å². The van der Waals surface area contributed by atoms with Crippen LogP contribution < -0.4 is 15.6 Å². The first kappa shape index (κ1) is 42.9. The largest absolute Gasteiger partial charge is 0.344 e. The zero-order valence-electron chi connectivity index (χ0n) is 34.3. The minimum Gasteiger partial charge on any atom is -0.344 e. The number of hydrogen-bond donors (Lipinski definition) is 2. The van der Waals surface area contributed by atoms with E-state index in [-0.39, 0.29) is 61.7 Å². The van der Waals surface area contributed by atoms with Gasteiger partial charge in [-0.2, -0.15) is 19.0 Å². The third-order valence-corrected chi connectivity index (χ3v) is 12.5. The number of alkyl halides is 4. The molecule has 7 aromatic rings. The van der Waals surface area contributed by atoms with Gasteiger partial charge in [-0.25, -0.2) is 40.9 Å². The van der Waals surface area contributed by atoms with Crippen molar-refractivity contribution in [3.63, 3.8) is 0 Å². The lowest BCUT2D eigenvalue weighted by Crippen LogP contribution is -2.38. The number of anilines is 1. The maximum atomic E-state index is 15.6. The fraction of sp³-hybridized carbons (Fsp3) is 0.310. The normalized spacial score (nSPS) is 17.0. The summed E-state index contributed by atoms with van der Waals surface area (Å²) in [6.07, 6.45) is -2.78. The van der Waals surface area contributed by atoms with Gasteiger partial charge in [-0.15, -0.1) is 0 Å². The number of halogens is 7. The van der Waals surface area contributed by atoms with Gasteiger partial charge < -0.3 is 5.32 Å². The first-order valence-electron chi connectivity index (χ1n) is 19.6. The molecule has 0 bridgehead atoms. The molecule has 3 atom stereocenters. The quantitative estimate of drug-likeness (QED) is 0.126. The second-order valence-corrected chi connectivity index (χ2v) is 18.2. The summed E-state index contributed by atoms with van der Waals surface area (Å²) in [5.41, 5.74) is -0.0147. The summed E-state index contributed by atoms with van der Waals surface area (Å²) in [5.74, 6) is -8.58. The number of aryl methyl sites for hydroxylation is 3. The lowest BCUT2D eigenvalue weighted by atomic mass is 10.0. The van der Waals surface area contributed by atoms with Gasteiger partial charge in [-0.05, 0) is 80.6 Å². The van der Waals surface area contributed by atoms with Crippen molar-refractivity contribution in [2.45, 2.75) is 64.5 Å². The highest BCUT2D eigenvalue weighted by atomic mass is 35.5. The molecule has 64 heavy (non-hydrogen) atoms. The average molecular weight is 925 g/mol. The number of rotatable bonds is 11. The summed E-state index contributed by atoms with van der Waals surface area (Å²) < 4.78 is 119. The lowest BCUT2D eigenvalue weighted by Gasteiger charge is -2.24. The number of hydrogen-bond acceptors (Lipinski definition) is 9. The molecular formula is C42H35ClF6N10O4S. The smallest absolute Gasteiger partial charge is 0.293 e. The van der Waals surface area contributed by atoms with Gasteiger partial charge in [0.25, 0.3) is 17.9 Å². The van der Waals surface area contributed by atoms with Crippen molar-refractivity contribution in [2.75, 3.05) is 11.0 Å². The van der Waals surface area contributed by atoms with E-state index in [2.05, 4.69) is 30.2 Å². The maximum Gasteiger partial charge on any atom is 0.293 e. The zero-order chi connectivity index (χ0) is 45.9. The van der Waals surface area contributed by atoms with Gasteiger partial charge in [0.15, 0.2) is 5.82 Å². The van der Waals surface area contributed by atoms with Crippen molar-refractivity contribution in [1.29, 1.82) is 0 Å². The van der Waals surface area contributed by atoms with Crippen LogP contribution in [0.15, 0.2) is 53.3 Å². The molecule has 14 nitrogen and oxygen atoms in total. The van der Waals surface area contributed by atoms with Crippen molar-refractivity contribution in [3.05, 3.63) is 121 Å². The molecule has 0 unspecified atom stereocenters. The summed E-state index contributed by atoms with van der Waals surface area (Å²) >= 11 is 6.65. The van der Waals surface area contributed by atoms with E-state index in [4.69, 9.17) is 16.6 Å². The predicted octanol–water partition coefficient (Wildman–Crippen LogP) is 7.40. The molecule has 22 heteroatoms. The molecule has 9 rings (SSSR count). The number of aromatic nitrogens is 8. The number of fused-ring (bicyclic) bond motifs is 5. The van der Waals surface area contributed by atoms with Crippen LogP contribution in [-0.2, 0) is 40.8 Å². The van der Waals surface area contributed by atoms with Gasteiger partial charge >= 0.3 is 0 Å². The van der Waals surface area contributed by atoms with Crippen LogP contribution in [0.1, 0.15) is 70.2 Å². The molecule has 1 amide bonds. The Morgan fingerprint density at radius 2 is 1.72 bits per heavy atom. The van der Waals surface area contributed by atoms with Gasteiger partial charge in [0.2, 0.25) is 15.9 Å². The van der Waals surface area contributed by atoms with E-state index >= 15 is 13.6 Å². The molecular weight excluding hydrogens is 890 g/mol. The summed E-state index contributed by atoms with van der Waals surface area (Å²) in [6.45, 7) is 4.36. The minimum absolute atomic E-state index is 0.00674. The monoisotopic (exact) mass is 924 g/mol. The van der Waals surface area contributed by atoms with E-state index in [1.54, 1.807) is 19.1 Å². The summed E-state index contributed by atoms with van der Waals surface area (Å²) in [5, 5.41) is 10.9. The standard InChI is InChI=1S/C42H35ClF6N10O4S/c1-17-18(2)50-19(3)51-34(17)21-6-7-24-28(13-21)53-40(59(41(24)61)30-9-8-27(43)33-36(30)57(4)55-39(33)56-64(5,62)63)29(12-20-10-22(44)14-23(45)11-20)52-31(60)16-58-37-32(35(54-58)38(46)47)25-15-26(25)42(37,48)49/h6-11,13-14,25-26,29,38H,12,15-16H2,1-5H3,(H,52,60)(H,55,56)/t25-,26+,29-/m0/s1. The van der Waals surface area contributed by atoms with Crippen molar-refractivity contribution < 1.29 is 39.6 Å². The second kappa shape index (κ2) is 15.1. The van der Waals surface area contributed by atoms with Crippen LogP contribution in [0.2, 0.25) is 5.02 Å². The molecule has 0 radical (unpaired) electrons. The molecule has 1 saturated carbocycles. The van der Waals surface area contributed by atoms with Gasteiger partial charge in [0, 0.05) is 42.3 Å². The van der Waals surface area contributed by atoms with E-state index in [1.165, 1.54) is 29.9 Å². The molecule has 4 heterocycles. The highest BCUT2D eigenvalue weighted by molar-refractivity contribution is 7.92. The molecule has 1 fully saturated rings. The topological polar surface area (TPSA) is 172 Å². The molecule has 2 aliphatic rings. The molecule has 0 aliphatic heterocycles. The van der Waals surface area contributed by atoms with Crippen LogP contribution in [-0.4, -0.2) is 59.7 Å². The van der Waals surface area contributed by atoms with Crippen LogP contribution in [0.25, 0.3) is 38.8 Å². The van der Waals surface area contributed by atoms with Crippen molar-refractivity contribution in [2.24, 2.45) is 13.0 Å². The summed E-state index contributed by atoms with van der Waals surface area (Å²) in [4.78, 5) is 43.3. The lowest BCUT2D eigenvalue weighted by molar-refractivity contribution is -0.123. The average Bonchev–Trinajstić information content (AvgIpc) is 3.74.